The van der Waals surface area contributed by atoms with E-state index >= 15 is 0 Å². The molecular formula is C19H21ClN2O3. The summed E-state index contributed by atoms with van der Waals surface area (Å²) in [6.07, 6.45) is 0. The third kappa shape index (κ3) is 6.12. The Kier molecular flexibility index (Phi) is 6.83. The summed E-state index contributed by atoms with van der Waals surface area (Å²) in [6.45, 7) is 4.55. The zero-order chi connectivity index (χ0) is 18.2. The minimum absolute atomic E-state index is 0.0905. The number of carbonyl (C=O) groups is 2. The van der Waals surface area contributed by atoms with Gasteiger partial charge in [0.2, 0.25) is 0 Å². The summed E-state index contributed by atoms with van der Waals surface area (Å²) < 4.78 is 5.34. The molecule has 0 aromatic heterocycles. The molecule has 0 saturated heterocycles. The standard InChI is InChI=1S/C19H21ClN2O3/c1-13-3-4-15(11-14(13)2)19(24)22-10-9-21-18(23)12-25-17-7-5-16(20)6-8-17/h3-8,11H,9-10,12H2,1-2H3,(H,21,23)(H,22,24). The maximum atomic E-state index is 12.0. The summed E-state index contributed by atoms with van der Waals surface area (Å²) in [5, 5.41) is 6.07. The first kappa shape index (κ1) is 18.8. The van der Waals surface area contributed by atoms with Crippen molar-refractivity contribution < 1.29 is 14.3 Å². The smallest absolute Gasteiger partial charge is 0.258 e. The van der Waals surface area contributed by atoms with Crippen LogP contribution >= 0.6 is 11.6 Å². The molecule has 0 aliphatic carbocycles. The molecule has 0 aliphatic heterocycles. The third-order valence-electron chi connectivity index (χ3n) is 3.69. The molecule has 0 atom stereocenters. The van der Waals surface area contributed by atoms with Crippen LogP contribution in [0.2, 0.25) is 5.02 Å². The first-order chi connectivity index (χ1) is 12.0. The number of hydrogen-bond donors (Lipinski definition) is 2. The van der Waals surface area contributed by atoms with Crippen LogP contribution in [-0.4, -0.2) is 31.5 Å². The van der Waals surface area contributed by atoms with Crippen LogP contribution in [0, 0.1) is 13.8 Å². The highest BCUT2D eigenvalue weighted by Crippen LogP contribution is 2.15. The molecule has 0 unspecified atom stereocenters. The minimum Gasteiger partial charge on any atom is -0.484 e. The van der Waals surface area contributed by atoms with Crippen molar-refractivity contribution in [1.29, 1.82) is 0 Å². The molecular weight excluding hydrogens is 340 g/mol. The Morgan fingerprint density at radius 1 is 0.960 bits per heavy atom. The number of aryl methyl sites for hydroxylation is 2. The Morgan fingerprint density at radius 2 is 1.64 bits per heavy atom. The van der Waals surface area contributed by atoms with Crippen LogP contribution in [0.3, 0.4) is 0 Å². The van der Waals surface area contributed by atoms with Crippen molar-refractivity contribution in [3.05, 3.63) is 64.2 Å². The Bertz CT molecular complexity index is 745. The monoisotopic (exact) mass is 360 g/mol. The molecule has 132 valence electrons. The van der Waals surface area contributed by atoms with E-state index in [4.69, 9.17) is 16.3 Å². The molecule has 25 heavy (non-hydrogen) atoms. The van der Waals surface area contributed by atoms with Crippen LogP contribution in [-0.2, 0) is 4.79 Å². The summed E-state index contributed by atoms with van der Waals surface area (Å²) in [5.41, 5.74) is 2.82. The van der Waals surface area contributed by atoms with Gasteiger partial charge in [-0.15, -0.1) is 0 Å². The summed E-state index contributed by atoms with van der Waals surface area (Å²) in [4.78, 5) is 23.7. The number of hydrogen-bond acceptors (Lipinski definition) is 3. The largest absolute Gasteiger partial charge is 0.484 e. The van der Waals surface area contributed by atoms with Crippen molar-refractivity contribution >= 4 is 23.4 Å². The zero-order valence-corrected chi connectivity index (χ0v) is 15.0. The van der Waals surface area contributed by atoms with Crippen molar-refractivity contribution in [3.63, 3.8) is 0 Å². The van der Waals surface area contributed by atoms with Gasteiger partial charge in [-0.1, -0.05) is 17.7 Å². The molecule has 2 N–H and O–H groups in total. The first-order valence-electron chi connectivity index (χ1n) is 7.96. The van der Waals surface area contributed by atoms with Crippen molar-refractivity contribution in [2.24, 2.45) is 0 Å². The average Bonchev–Trinajstić information content (AvgIpc) is 2.60. The van der Waals surface area contributed by atoms with E-state index in [1.807, 2.05) is 26.0 Å². The Balaban J connectivity index is 1.66. The lowest BCUT2D eigenvalue weighted by Crippen LogP contribution is -2.36. The van der Waals surface area contributed by atoms with Gasteiger partial charge in [0.1, 0.15) is 5.75 Å². The number of carbonyl (C=O) groups excluding carboxylic acids is 2. The molecule has 5 nitrogen and oxygen atoms in total. The van der Waals surface area contributed by atoms with Gasteiger partial charge in [-0.25, -0.2) is 0 Å². The number of nitrogens with one attached hydrogen (secondary N) is 2. The van der Waals surface area contributed by atoms with Gasteiger partial charge in [0, 0.05) is 23.7 Å². The Hall–Kier alpha value is -2.53. The topological polar surface area (TPSA) is 67.4 Å². The minimum atomic E-state index is -0.254. The molecule has 0 bridgehead atoms. The van der Waals surface area contributed by atoms with E-state index in [1.54, 1.807) is 30.3 Å². The van der Waals surface area contributed by atoms with Crippen molar-refractivity contribution in [1.82, 2.24) is 10.6 Å². The van der Waals surface area contributed by atoms with Gasteiger partial charge in [0.25, 0.3) is 11.8 Å². The molecule has 2 amide bonds. The van der Waals surface area contributed by atoms with Gasteiger partial charge in [-0.3, -0.25) is 9.59 Å². The van der Waals surface area contributed by atoms with E-state index in [2.05, 4.69) is 10.6 Å². The van der Waals surface area contributed by atoms with Crippen LogP contribution in [0.25, 0.3) is 0 Å². The molecule has 0 aliphatic rings. The highest BCUT2D eigenvalue weighted by atomic mass is 35.5. The second-order valence-corrected chi connectivity index (χ2v) is 6.08. The second kappa shape index (κ2) is 9.08. The molecule has 0 radical (unpaired) electrons. The quantitative estimate of drug-likeness (QED) is 0.746. The highest BCUT2D eigenvalue weighted by Gasteiger charge is 2.07. The lowest BCUT2D eigenvalue weighted by molar-refractivity contribution is -0.123. The summed E-state index contributed by atoms with van der Waals surface area (Å²) in [7, 11) is 0. The van der Waals surface area contributed by atoms with Crippen molar-refractivity contribution in [3.8, 4) is 5.75 Å². The number of halogens is 1. The van der Waals surface area contributed by atoms with Crippen molar-refractivity contribution in [2.75, 3.05) is 19.7 Å². The lowest BCUT2D eigenvalue weighted by Gasteiger charge is -2.09. The van der Waals surface area contributed by atoms with Crippen LogP contribution in [0.5, 0.6) is 5.75 Å². The lowest BCUT2D eigenvalue weighted by atomic mass is 10.1. The van der Waals surface area contributed by atoms with Gasteiger partial charge in [0.15, 0.2) is 6.61 Å². The fourth-order valence-electron chi connectivity index (χ4n) is 2.09. The molecule has 0 fully saturated rings. The molecule has 0 spiro atoms. The summed E-state index contributed by atoms with van der Waals surface area (Å²) >= 11 is 5.78. The van der Waals surface area contributed by atoms with Gasteiger partial charge >= 0.3 is 0 Å². The molecule has 2 aromatic rings. The predicted molar refractivity (Wildman–Crippen MR) is 98.2 cm³/mol. The number of benzene rings is 2. The Labute approximate surface area is 152 Å². The van der Waals surface area contributed by atoms with Gasteiger partial charge in [-0.2, -0.15) is 0 Å². The van der Waals surface area contributed by atoms with E-state index in [-0.39, 0.29) is 18.4 Å². The first-order valence-corrected chi connectivity index (χ1v) is 8.34. The van der Waals surface area contributed by atoms with Gasteiger partial charge < -0.3 is 15.4 Å². The molecule has 0 heterocycles. The maximum absolute atomic E-state index is 12.0. The van der Waals surface area contributed by atoms with Crippen LogP contribution in [0.4, 0.5) is 0 Å². The molecule has 6 heteroatoms. The number of amides is 2. The summed E-state index contributed by atoms with van der Waals surface area (Å²) in [5.74, 6) is 0.160. The fourth-order valence-corrected chi connectivity index (χ4v) is 2.22. The SMILES string of the molecule is Cc1ccc(C(=O)NCCNC(=O)COc2ccc(Cl)cc2)cc1C. The Morgan fingerprint density at radius 3 is 2.32 bits per heavy atom. The van der Waals surface area contributed by atoms with Gasteiger partial charge in [0.05, 0.1) is 0 Å². The fraction of sp³-hybridized carbons (Fsp3) is 0.263. The molecule has 0 saturated carbocycles. The maximum Gasteiger partial charge on any atom is 0.258 e. The zero-order valence-electron chi connectivity index (χ0n) is 14.3. The van der Waals surface area contributed by atoms with Crippen LogP contribution in [0.15, 0.2) is 42.5 Å². The normalized spacial score (nSPS) is 10.2. The van der Waals surface area contributed by atoms with Crippen LogP contribution < -0.4 is 15.4 Å². The van der Waals surface area contributed by atoms with Gasteiger partial charge in [-0.05, 0) is 61.4 Å². The van der Waals surface area contributed by atoms with E-state index in [9.17, 15) is 9.59 Å². The van der Waals surface area contributed by atoms with E-state index < -0.39 is 0 Å². The molecule has 2 rings (SSSR count). The van der Waals surface area contributed by atoms with E-state index in [1.165, 1.54) is 0 Å². The predicted octanol–water partition coefficient (Wildman–Crippen LogP) is 2.88. The number of ether oxygens (including phenoxy) is 1. The average molecular weight is 361 g/mol. The van der Waals surface area contributed by atoms with E-state index in [0.29, 0.717) is 29.4 Å². The highest BCUT2D eigenvalue weighted by molar-refractivity contribution is 6.30. The third-order valence-corrected chi connectivity index (χ3v) is 3.94. The summed E-state index contributed by atoms with van der Waals surface area (Å²) in [6, 6.07) is 12.3. The second-order valence-electron chi connectivity index (χ2n) is 5.65. The number of rotatable bonds is 7. The van der Waals surface area contributed by atoms with Crippen molar-refractivity contribution in [2.45, 2.75) is 13.8 Å². The van der Waals surface area contributed by atoms with Crippen LogP contribution in [0.1, 0.15) is 21.5 Å². The van der Waals surface area contributed by atoms with E-state index in [0.717, 1.165) is 11.1 Å². The molecule has 2 aromatic carbocycles.